The second kappa shape index (κ2) is 5.49. The predicted molar refractivity (Wildman–Crippen MR) is 90.7 cm³/mol. The van der Waals surface area contributed by atoms with E-state index in [0.717, 1.165) is 5.56 Å². The maximum atomic E-state index is 11.9. The minimum atomic E-state index is -0.737. The number of furan rings is 1. The van der Waals surface area contributed by atoms with E-state index in [1.165, 1.54) is 17.0 Å². The minimum absolute atomic E-state index is 0.0338. The predicted octanol–water partition coefficient (Wildman–Crippen LogP) is 0.930. The van der Waals surface area contributed by atoms with Crippen LogP contribution in [0.2, 0.25) is 0 Å². The lowest BCUT2D eigenvalue weighted by molar-refractivity contribution is 0.100. The molecule has 0 aliphatic heterocycles. The van der Waals surface area contributed by atoms with E-state index in [1.807, 2.05) is 6.92 Å². The van der Waals surface area contributed by atoms with Gasteiger partial charge in [0.2, 0.25) is 0 Å². The van der Waals surface area contributed by atoms with Crippen LogP contribution < -0.4 is 16.9 Å². The number of amides is 1. The molecule has 0 saturated heterocycles. The van der Waals surface area contributed by atoms with Gasteiger partial charge >= 0.3 is 0 Å². The Balaban J connectivity index is 2.32. The molecule has 2 aromatic heterocycles. The Morgan fingerprint density at radius 2 is 2.08 bits per heavy atom. The molecular formula is C16H15BN4O3. The number of hydrogen-bond acceptors (Lipinski definition) is 5. The molecule has 7 nitrogen and oxygen atoms in total. The summed E-state index contributed by atoms with van der Waals surface area (Å²) in [5.74, 6) is -0.305. The first-order valence-electron chi connectivity index (χ1n) is 7.13. The summed E-state index contributed by atoms with van der Waals surface area (Å²) in [5.41, 5.74) is 14.2. The number of aromatic hydroxyl groups is 1. The van der Waals surface area contributed by atoms with Crippen molar-refractivity contribution in [2.75, 3.05) is 5.73 Å². The monoisotopic (exact) mass is 322 g/mol. The van der Waals surface area contributed by atoms with E-state index >= 15 is 0 Å². The molecule has 0 atom stereocenters. The highest BCUT2D eigenvalue weighted by molar-refractivity contribution is 6.32. The molecule has 2 radical (unpaired) electrons. The van der Waals surface area contributed by atoms with Gasteiger partial charge in [0.25, 0.3) is 5.91 Å². The lowest BCUT2D eigenvalue weighted by atomic mass is 10.00. The Morgan fingerprint density at radius 3 is 2.67 bits per heavy atom. The third-order valence-corrected chi connectivity index (χ3v) is 3.84. The van der Waals surface area contributed by atoms with Gasteiger partial charge in [0, 0.05) is 5.56 Å². The number of anilines is 1. The van der Waals surface area contributed by atoms with Crippen molar-refractivity contribution in [2.24, 2.45) is 5.73 Å². The average molecular weight is 322 g/mol. The van der Waals surface area contributed by atoms with Crippen LogP contribution in [0, 0.1) is 13.8 Å². The number of nitrogens with zero attached hydrogens (tertiary/aromatic N) is 2. The number of hydrogen-bond donors (Lipinski definition) is 3. The Bertz CT molecular complexity index is 959. The molecule has 3 rings (SSSR count). The molecular weight excluding hydrogens is 307 g/mol. The SMILES string of the molecule is [B]c1coc(-c2nn(-c3c(C)ccc(O)c3C)c(N)c2C(N)=O)c1. The highest BCUT2D eigenvalue weighted by atomic mass is 16.3. The largest absolute Gasteiger partial charge is 0.508 e. The van der Waals surface area contributed by atoms with Crippen LogP contribution in [0.3, 0.4) is 0 Å². The van der Waals surface area contributed by atoms with Gasteiger partial charge in [0.05, 0.1) is 12.0 Å². The van der Waals surface area contributed by atoms with Crippen molar-refractivity contribution in [3.63, 3.8) is 0 Å². The Hall–Kier alpha value is -3.16. The van der Waals surface area contributed by atoms with Gasteiger partial charge in [-0.2, -0.15) is 5.10 Å². The molecule has 5 N–H and O–H groups in total. The smallest absolute Gasteiger partial charge is 0.254 e. The first kappa shape index (κ1) is 15.7. The number of phenolic OH excluding ortho intramolecular Hbond substituents is 1. The molecule has 8 heteroatoms. The van der Waals surface area contributed by atoms with Crippen LogP contribution in [-0.4, -0.2) is 28.6 Å². The van der Waals surface area contributed by atoms with Gasteiger partial charge in [-0.3, -0.25) is 4.79 Å². The second-order valence-corrected chi connectivity index (χ2v) is 5.50. The summed E-state index contributed by atoms with van der Waals surface area (Å²) in [5, 5.41) is 14.4. The number of phenols is 1. The summed E-state index contributed by atoms with van der Waals surface area (Å²) in [6, 6.07) is 4.84. The maximum absolute atomic E-state index is 11.9. The number of rotatable bonds is 3. The number of benzene rings is 1. The Morgan fingerprint density at radius 1 is 1.38 bits per heavy atom. The summed E-state index contributed by atoms with van der Waals surface area (Å²) < 4.78 is 6.69. The summed E-state index contributed by atoms with van der Waals surface area (Å²) in [4.78, 5) is 11.9. The molecule has 0 saturated carbocycles. The molecule has 2 heterocycles. The van der Waals surface area contributed by atoms with Gasteiger partial charge in [0.1, 0.15) is 30.7 Å². The summed E-state index contributed by atoms with van der Waals surface area (Å²) in [6.07, 6.45) is 1.33. The van der Waals surface area contributed by atoms with Gasteiger partial charge in [-0.05, 0) is 31.5 Å². The lowest BCUT2D eigenvalue weighted by Crippen LogP contribution is -2.14. The highest BCUT2D eigenvalue weighted by Gasteiger charge is 2.25. The van der Waals surface area contributed by atoms with E-state index in [9.17, 15) is 9.90 Å². The van der Waals surface area contributed by atoms with Crippen molar-refractivity contribution in [3.05, 3.63) is 41.2 Å². The molecule has 1 amide bonds. The molecule has 24 heavy (non-hydrogen) atoms. The van der Waals surface area contributed by atoms with Crippen LogP contribution in [0.5, 0.6) is 5.75 Å². The average Bonchev–Trinajstić information content (AvgIpc) is 3.08. The fourth-order valence-corrected chi connectivity index (χ4v) is 2.64. The maximum Gasteiger partial charge on any atom is 0.254 e. The molecule has 1 aromatic carbocycles. The van der Waals surface area contributed by atoms with E-state index in [1.54, 1.807) is 19.1 Å². The molecule has 0 bridgehead atoms. The Labute approximate surface area is 139 Å². The number of carbonyl (C=O) groups is 1. The number of nitrogens with two attached hydrogens (primary N) is 2. The van der Waals surface area contributed by atoms with E-state index in [0.29, 0.717) is 16.7 Å². The van der Waals surface area contributed by atoms with Gasteiger partial charge in [0.15, 0.2) is 5.76 Å². The second-order valence-electron chi connectivity index (χ2n) is 5.50. The zero-order valence-electron chi connectivity index (χ0n) is 13.2. The topological polar surface area (TPSA) is 120 Å². The lowest BCUT2D eigenvalue weighted by Gasteiger charge is -2.12. The van der Waals surface area contributed by atoms with Crippen molar-refractivity contribution in [3.8, 4) is 22.9 Å². The fourth-order valence-electron chi connectivity index (χ4n) is 2.64. The Kier molecular flexibility index (Phi) is 3.59. The molecule has 120 valence electrons. The molecule has 0 spiro atoms. The van der Waals surface area contributed by atoms with E-state index in [2.05, 4.69) is 5.10 Å². The molecule has 0 aliphatic carbocycles. The van der Waals surface area contributed by atoms with Gasteiger partial charge < -0.3 is 21.0 Å². The molecule has 0 aliphatic rings. The van der Waals surface area contributed by atoms with Crippen LogP contribution in [0.15, 0.2) is 28.9 Å². The molecule has 0 fully saturated rings. The summed E-state index contributed by atoms with van der Waals surface area (Å²) >= 11 is 0. The first-order valence-corrected chi connectivity index (χ1v) is 7.13. The fraction of sp³-hybridized carbons (Fsp3) is 0.125. The zero-order valence-corrected chi connectivity index (χ0v) is 13.2. The van der Waals surface area contributed by atoms with Crippen molar-refractivity contribution in [1.29, 1.82) is 0 Å². The quantitative estimate of drug-likeness (QED) is 0.620. The summed E-state index contributed by atoms with van der Waals surface area (Å²) in [7, 11) is 5.66. The third-order valence-electron chi connectivity index (χ3n) is 3.84. The number of carbonyl (C=O) groups excluding carboxylic acids is 1. The van der Waals surface area contributed by atoms with Crippen LogP contribution in [0.4, 0.5) is 5.82 Å². The van der Waals surface area contributed by atoms with Crippen molar-refractivity contribution >= 4 is 25.0 Å². The number of aromatic nitrogens is 2. The van der Waals surface area contributed by atoms with Gasteiger partial charge in [-0.25, -0.2) is 4.68 Å². The number of aryl methyl sites for hydroxylation is 1. The number of primary amides is 1. The first-order chi connectivity index (χ1) is 11.3. The van der Waals surface area contributed by atoms with E-state index in [4.69, 9.17) is 23.7 Å². The standard InChI is InChI=1S/C16H15BN4O3/c1-7-3-4-10(22)8(2)14(7)21-15(18)12(16(19)23)13(20-21)11-5-9(17)6-24-11/h3-6,22H,18H2,1-2H3,(H2,19,23). The van der Waals surface area contributed by atoms with Crippen molar-refractivity contribution in [2.45, 2.75) is 13.8 Å². The normalized spacial score (nSPS) is 10.9. The van der Waals surface area contributed by atoms with E-state index in [-0.39, 0.29) is 28.6 Å². The van der Waals surface area contributed by atoms with Gasteiger partial charge in [-0.1, -0.05) is 11.5 Å². The van der Waals surface area contributed by atoms with Crippen LogP contribution in [0.1, 0.15) is 21.5 Å². The molecule has 3 aromatic rings. The van der Waals surface area contributed by atoms with Crippen LogP contribution in [-0.2, 0) is 0 Å². The summed E-state index contributed by atoms with van der Waals surface area (Å²) in [6.45, 7) is 3.57. The van der Waals surface area contributed by atoms with Crippen LogP contribution >= 0.6 is 0 Å². The number of nitrogen functional groups attached to an aromatic ring is 1. The molecule has 0 unspecified atom stereocenters. The van der Waals surface area contributed by atoms with Crippen molar-refractivity contribution in [1.82, 2.24) is 9.78 Å². The van der Waals surface area contributed by atoms with Gasteiger partial charge in [-0.15, -0.1) is 0 Å². The van der Waals surface area contributed by atoms with E-state index < -0.39 is 5.91 Å². The zero-order chi connectivity index (χ0) is 17.6. The third kappa shape index (κ3) is 2.32. The minimum Gasteiger partial charge on any atom is -0.508 e. The van der Waals surface area contributed by atoms with Crippen LogP contribution in [0.25, 0.3) is 17.1 Å². The van der Waals surface area contributed by atoms with Crippen molar-refractivity contribution < 1.29 is 14.3 Å². The highest BCUT2D eigenvalue weighted by Crippen LogP contribution is 2.33.